The molecule has 0 aliphatic heterocycles. The maximum Gasteiger partial charge on any atom is 0.224 e. The van der Waals surface area contributed by atoms with Gasteiger partial charge >= 0.3 is 0 Å². The second-order valence-corrected chi connectivity index (χ2v) is 8.23. The van der Waals surface area contributed by atoms with Crippen molar-refractivity contribution in [1.82, 2.24) is 5.32 Å². The summed E-state index contributed by atoms with van der Waals surface area (Å²) in [5, 5.41) is 32.9. The Hall–Kier alpha value is -2.57. The molecule has 0 aliphatic carbocycles. The Morgan fingerprint density at radius 2 is 1.76 bits per heavy atom. The first kappa shape index (κ1) is 22.7. The van der Waals surface area contributed by atoms with E-state index in [4.69, 9.17) is 5.73 Å². The number of aliphatic hydroxyl groups excluding tert-OH is 1. The lowest BCUT2D eigenvalue weighted by atomic mass is 9.89. The molecule has 6 heteroatoms. The topological polar surface area (TPSA) is 116 Å². The second kappa shape index (κ2) is 9.76. The van der Waals surface area contributed by atoms with E-state index in [9.17, 15) is 20.1 Å². The van der Waals surface area contributed by atoms with Crippen molar-refractivity contribution in [3.8, 4) is 11.5 Å². The molecule has 0 heterocycles. The largest absolute Gasteiger partial charge is 0.508 e. The first-order chi connectivity index (χ1) is 13.6. The van der Waals surface area contributed by atoms with Gasteiger partial charge in [0.25, 0.3) is 0 Å². The number of rotatable bonds is 10. The number of nitrogens with one attached hydrogen (secondary N) is 1. The average Bonchev–Trinajstić information content (AvgIpc) is 2.63. The summed E-state index contributed by atoms with van der Waals surface area (Å²) in [5.41, 5.74) is 7.70. The van der Waals surface area contributed by atoms with E-state index in [-0.39, 0.29) is 35.4 Å². The highest BCUT2D eigenvalue weighted by Crippen LogP contribution is 2.26. The van der Waals surface area contributed by atoms with Gasteiger partial charge in [-0.2, -0.15) is 0 Å². The number of carbonyl (C=O) groups is 1. The molecular weight excluding hydrogens is 368 g/mol. The summed E-state index contributed by atoms with van der Waals surface area (Å²) < 4.78 is 0. The zero-order valence-electron chi connectivity index (χ0n) is 17.4. The van der Waals surface area contributed by atoms with Crippen LogP contribution in [0.5, 0.6) is 11.5 Å². The molecule has 0 radical (unpaired) electrons. The average molecular weight is 401 g/mol. The second-order valence-electron chi connectivity index (χ2n) is 8.23. The number of aromatic hydroxyl groups is 2. The predicted octanol–water partition coefficient (Wildman–Crippen LogP) is 3.11. The van der Waals surface area contributed by atoms with Crippen molar-refractivity contribution in [3.63, 3.8) is 0 Å². The van der Waals surface area contributed by atoms with Crippen molar-refractivity contribution in [2.45, 2.75) is 57.6 Å². The summed E-state index contributed by atoms with van der Waals surface area (Å²) in [6, 6.07) is 12.0. The molecule has 2 aromatic carbocycles. The Balaban J connectivity index is 2.05. The predicted molar refractivity (Wildman–Crippen MR) is 114 cm³/mol. The van der Waals surface area contributed by atoms with Crippen LogP contribution in [0.3, 0.4) is 0 Å². The highest BCUT2D eigenvalue weighted by Gasteiger charge is 2.22. The van der Waals surface area contributed by atoms with E-state index in [1.165, 1.54) is 18.2 Å². The summed E-state index contributed by atoms with van der Waals surface area (Å²) in [5.74, 6) is -0.771. The molecule has 0 aliphatic rings. The number of carbonyl (C=O) groups excluding carboxylic acids is 1. The van der Waals surface area contributed by atoms with Gasteiger partial charge in [-0.05, 0) is 55.5 Å². The molecule has 1 amide bonds. The van der Waals surface area contributed by atoms with E-state index >= 15 is 0 Å². The van der Waals surface area contributed by atoms with Crippen LogP contribution in [0.25, 0.3) is 0 Å². The van der Waals surface area contributed by atoms with Crippen LogP contribution < -0.4 is 11.1 Å². The minimum Gasteiger partial charge on any atom is -0.508 e. The van der Waals surface area contributed by atoms with Gasteiger partial charge < -0.3 is 26.4 Å². The number of aliphatic hydroxyl groups is 1. The van der Waals surface area contributed by atoms with E-state index in [0.717, 1.165) is 24.0 Å². The molecule has 2 rings (SSSR count). The fourth-order valence-electron chi connectivity index (χ4n) is 3.56. The van der Waals surface area contributed by atoms with E-state index < -0.39 is 6.10 Å². The lowest BCUT2D eigenvalue weighted by Crippen LogP contribution is -2.43. The summed E-state index contributed by atoms with van der Waals surface area (Å²) >= 11 is 0. The SMILES string of the molecule is CCCC(C(N)=O)c1cccc(CC(C)(C)NCC(O)c2cc(O)cc(O)c2)c1. The van der Waals surface area contributed by atoms with Crippen LogP contribution in [0.2, 0.25) is 0 Å². The number of benzene rings is 2. The Kier molecular flexibility index (Phi) is 7.65. The zero-order chi connectivity index (χ0) is 21.6. The highest BCUT2D eigenvalue weighted by atomic mass is 16.3. The number of nitrogens with two attached hydrogens (primary N) is 1. The standard InChI is InChI=1S/C23H32N2O4/c1-4-6-20(22(24)29)16-8-5-7-15(9-16)13-23(2,3)25-14-21(28)17-10-18(26)12-19(27)11-17/h5,7-12,20-21,25-28H,4,6,13-14H2,1-3H3,(H2,24,29). The number of amides is 1. The summed E-state index contributed by atoms with van der Waals surface area (Å²) in [6.07, 6.45) is 1.43. The maximum absolute atomic E-state index is 11.8. The molecule has 0 saturated heterocycles. The van der Waals surface area contributed by atoms with E-state index in [1.54, 1.807) is 0 Å². The minimum absolute atomic E-state index is 0.0915. The molecule has 0 aromatic heterocycles. The number of hydrogen-bond donors (Lipinski definition) is 5. The van der Waals surface area contributed by atoms with Gasteiger partial charge in [-0.1, -0.05) is 37.6 Å². The number of hydrogen-bond acceptors (Lipinski definition) is 5. The number of phenolic OH excluding ortho intramolecular Hbond substituents is 2. The van der Waals surface area contributed by atoms with Gasteiger partial charge in [0.05, 0.1) is 12.0 Å². The number of β-amino-alcohol motifs (C(OH)–C–C–N with tert-alkyl or cyclic N) is 1. The lowest BCUT2D eigenvalue weighted by Gasteiger charge is -2.28. The van der Waals surface area contributed by atoms with Gasteiger partial charge in [0.15, 0.2) is 0 Å². The minimum atomic E-state index is -0.873. The molecule has 0 fully saturated rings. The smallest absolute Gasteiger partial charge is 0.224 e. The monoisotopic (exact) mass is 400 g/mol. The molecule has 0 saturated carbocycles. The van der Waals surface area contributed by atoms with Crippen molar-refractivity contribution < 1.29 is 20.1 Å². The van der Waals surface area contributed by atoms with Crippen LogP contribution >= 0.6 is 0 Å². The third-order valence-corrected chi connectivity index (χ3v) is 5.00. The Bertz CT molecular complexity index is 815. The molecule has 2 atom stereocenters. The van der Waals surface area contributed by atoms with Gasteiger partial charge in [0.1, 0.15) is 11.5 Å². The molecule has 6 nitrogen and oxygen atoms in total. The quantitative estimate of drug-likeness (QED) is 0.420. The van der Waals surface area contributed by atoms with Crippen molar-refractivity contribution in [1.29, 1.82) is 0 Å². The molecule has 0 spiro atoms. The molecular formula is C23H32N2O4. The van der Waals surface area contributed by atoms with Crippen molar-refractivity contribution in [2.24, 2.45) is 5.73 Å². The third kappa shape index (κ3) is 6.76. The highest BCUT2D eigenvalue weighted by molar-refractivity contribution is 5.81. The molecule has 2 aromatic rings. The van der Waals surface area contributed by atoms with Gasteiger partial charge in [0.2, 0.25) is 5.91 Å². The number of phenols is 2. The van der Waals surface area contributed by atoms with Crippen molar-refractivity contribution in [3.05, 3.63) is 59.2 Å². The Morgan fingerprint density at radius 3 is 2.34 bits per heavy atom. The van der Waals surface area contributed by atoms with Gasteiger partial charge in [-0.15, -0.1) is 0 Å². The van der Waals surface area contributed by atoms with Crippen molar-refractivity contribution in [2.75, 3.05) is 6.54 Å². The van der Waals surface area contributed by atoms with Crippen molar-refractivity contribution >= 4 is 5.91 Å². The molecule has 29 heavy (non-hydrogen) atoms. The zero-order valence-corrected chi connectivity index (χ0v) is 17.4. The van der Waals surface area contributed by atoms with Crippen LogP contribution in [0.15, 0.2) is 42.5 Å². The Morgan fingerprint density at radius 1 is 1.10 bits per heavy atom. The first-order valence-corrected chi connectivity index (χ1v) is 9.95. The molecule has 2 unspecified atom stereocenters. The molecule has 0 bridgehead atoms. The van der Waals surface area contributed by atoms with Gasteiger partial charge in [-0.3, -0.25) is 4.79 Å². The molecule has 158 valence electrons. The lowest BCUT2D eigenvalue weighted by molar-refractivity contribution is -0.119. The van der Waals surface area contributed by atoms with E-state index in [0.29, 0.717) is 12.0 Å². The van der Waals surface area contributed by atoms with Crippen LogP contribution in [-0.4, -0.2) is 33.3 Å². The first-order valence-electron chi connectivity index (χ1n) is 9.95. The van der Waals surface area contributed by atoms with Crippen LogP contribution in [0.4, 0.5) is 0 Å². The Labute approximate surface area is 172 Å². The summed E-state index contributed by atoms with van der Waals surface area (Å²) in [6.45, 7) is 6.35. The van der Waals surface area contributed by atoms with E-state index in [1.807, 2.05) is 45.0 Å². The van der Waals surface area contributed by atoms with Crippen LogP contribution in [0, 0.1) is 0 Å². The molecule has 6 N–H and O–H groups in total. The fourth-order valence-corrected chi connectivity index (χ4v) is 3.56. The van der Waals surface area contributed by atoms with E-state index in [2.05, 4.69) is 5.32 Å². The van der Waals surface area contributed by atoms with Gasteiger partial charge in [0, 0.05) is 18.2 Å². The fraction of sp³-hybridized carbons (Fsp3) is 0.435. The normalized spacial score (nSPS) is 13.8. The van der Waals surface area contributed by atoms with Gasteiger partial charge in [-0.25, -0.2) is 0 Å². The van der Waals surface area contributed by atoms with Crippen LogP contribution in [-0.2, 0) is 11.2 Å². The maximum atomic E-state index is 11.8. The summed E-state index contributed by atoms with van der Waals surface area (Å²) in [4.78, 5) is 11.8. The third-order valence-electron chi connectivity index (χ3n) is 5.00. The summed E-state index contributed by atoms with van der Waals surface area (Å²) in [7, 11) is 0. The number of primary amides is 1. The van der Waals surface area contributed by atoms with Crippen LogP contribution in [0.1, 0.15) is 62.3 Å².